The third-order valence-electron chi connectivity index (χ3n) is 0.280. The van der Waals surface area contributed by atoms with E-state index in [0.717, 1.165) is 0 Å². The molecule has 6 heteroatoms. The zero-order chi connectivity index (χ0) is 6.57. The van der Waals surface area contributed by atoms with Gasteiger partial charge in [0.1, 0.15) is 0 Å². The summed E-state index contributed by atoms with van der Waals surface area (Å²) >= 11 is 0. The van der Waals surface area contributed by atoms with Gasteiger partial charge in [-0.15, -0.1) is 0 Å². The second-order valence-electron chi connectivity index (χ2n) is 1.10. The monoisotopic (exact) mass is 157 g/mol. The fourth-order valence-electron chi connectivity index (χ4n) is 0.117. The molecule has 0 fully saturated rings. The average molecular weight is 157 g/mol. The van der Waals surface area contributed by atoms with Crippen molar-refractivity contribution in [2.24, 2.45) is 16.6 Å². The molecule has 0 aliphatic heterocycles. The summed E-state index contributed by atoms with van der Waals surface area (Å²) in [6.45, 7) is 1.20. The summed E-state index contributed by atoms with van der Waals surface area (Å²) in [6.07, 6.45) is 0. The van der Waals surface area contributed by atoms with E-state index in [2.05, 4.69) is 9.99 Å². The molecule has 0 aromatic carbocycles. The molecule has 4 N–H and O–H groups in total. The zero-order valence-electron chi connectivity index (χ0n) is 5.13. The summed E-state index contributed by atoms with van der Waals surface area (Å²) < 4.78 is 0. The van der Waals surface area contributed by atoms with Crippen LogP contribution >= 0.6 is 0 Å². The van der Waals surface area contributed by atoms with Crippen molar-refractivity contribution in [3.8, 4) is 0 Å². The van der Waals surface area contributed by atoms with E-state index < -0.39 is 5.97 Å². The van der Waals surface area contributed by atoms with E-state index in [1.54, 1.807) is 0 Å². The van der Waals surface area contributed by atoms with E-state index in [4.69, 9.17) is 11.5 Å². The maximum absolute atomic E-state index is 9.91. The molecule has 0 saturated carbocycles. The number of nitrogens with two attached hydrogens (primary N) is 2. The predicted octanol–water partition coefficient (Wildman–Crippen LogP) is -1.64. The second kappa shape index (κ2) is 6.12. The van der Waals surface area contributed by atoms with Gasteiger partial charge in [-0.25, -0.2) is 4.79 Å². The van der Waals surface area contributed by atoms with E-state index >= 15 is 0 Å². The number of guanidine groups is 1. The van der Waals surface area contributed by atoms with Gasteiger partial charge in [0.2, 0.25) is 5.96 Å². The van der Waals surface area contributed by atoms with Crippen molar-refractivity contribution in [1.29, 1.82) is 0 Å². The Bertz CT molecular complexity index is 120. The largest absolute Gasteiger partial charge is 0.367 e. The number of hydrogen-bond acceptors (Lipinski definition) is 3. The Morgan fingerprint density at radius 1 is 1.56 bits per heavy atom. The molecular weight excluding hydrogens is 150 g/mol. The fourth-order valence-corrected chi connectivity index (χ4v) is 0.117. The smallest absolute Gasteiger partial charge is 0.332 e. The molecule has 0 heterocycles. The molecule has 0 amide bonds. The Morgan fingerprint density at radius 3 is 2.11 bits per heavy atom. The SMILES string of the molecule is CC(=O)ON=C(N)N.[Ca]. The summed E-state index contributed by atoms with van der Waals surface area (Å²) in [5.74, 6) is -0.807. The number of nitrogens with zero attached hydrogens (tertiary/aromatic N) is 1. The van der Waals surface area contributed by atoms with Crippen LogP contribution in [0.1, 0.15) is 6.92 Å². The van der Waals surface area contributed by atoms with Gasteiger partial charge in [-0.1, -0.05) is 0 Å². The maximum atomic E-state index is 9.91. The van der Waals surface area contributed by atoms with Gasteiger partial charge in [-0.05, 0) is 5.16 Å². The number of oxime groups is 1. The second-order valence-corrected chi connectivity index (χ2v) is 1.10. The molecule has 0 aromatic rings. The number of carbonyl (C=O) groups excluding carboxylic acids is 1. The average Bonchev–Trinajstić information content (AvgIpc) is 1.61. The first-order valence-electron chi connectivity index (χ1n) is 1.89. The van der Waals surface area contributed by atoms with E-state index in [9.17, 15) is 4.79 Å². The van der Waals surface area contributed by atoms with Crippen LogP contribution in [0.15, 0.2) is 5.16 Å². The van der Waals surface area contributed by atoms with Gasteiger partial charge in [0.15, 0.2) is 0 Å². The van der Waals surface area contributed by atoms with Gasteiger partial charge in [-0.2, -0.15) is 0 Å². The van der Waals surface area contributed by atoms with Crippen molar-refractivity contribution in [3.05, 3.63) is 0 Å². The Hall–Kier alpha value is -0.000260. The molecule has 0 bridgehead atoms. The van der Waals surface area contributed by atoms with Gasteiger partial charge in [0.25, 0.3) is 0 Å². The van der Waals surface area contributed by atoms with Crippen LogP contribution in [0, 0.1) is 0 Å². The van der Waals surface area contributed by atoms with E-state index in [1.165, 1.54) is 6.92 Å². The van der Waals surface area contributed by atoms with Crippen LogP contribution in [-0.2, 0) is 9.63 Å². The molecule has 5 nitrogen and oxygen atoms in total. The molecule has 0 aliphatic rings. The third kappa shape index (κ3) is 11.5. The quantitative estimate of drug-likeness (QED) is 0.157. The van der Waals surface area contributed by atoms with Crippen molar-refractivity contribution in [2.45, 2.75) is 6.92 Å². The van der Waals surface area contributed by atoms with E-state index in [1.807, 2.05) is 0 Å². The van der Waals surface area contributed by atoms with Crippen molar-refractivity contribution in [2.75, 3.05) is 0 Å². The minimum absolute atomic E-state index is 0. The summed E-state index contributed by atoms with van der Waals surface area (Å²) in [5.41, 5.74) is 9.58. The molecule has 0 unspecified atom stereocenters. The van der Waals surface area contributed by atoms with Crippen molar-refractivity contribution in [1.82, 2.24) is 0 Å². The van der Waals surface area contributed by atoms with Crippen molar-refractivity contribution >= 4 is 49.7 Å². The standard InChI is InChI=1S/C3H7N3O2.Ca/c1-2(7)8-6-3(4)5;/h1H3,(H4,4,5,6);. The molecule has 0 aliphatic carbocycles. The Kier molecular flexibility index (Phi) is 8.00. The molecule has 0 spiro atoms. The summed E-state index contributed by atoms with van der Waals surface area (Å²) in [6, 6.07) is 0. The summed E-state index contributed by atoms with van der Waals surface area (Å²) in [4.78, 5) is 13.9. The van der Waals surface area contributed by atoms with Crippen LogP contribution in [0.5, 0.6) is 0 Å². The Balaban J connectivity index is 0. The van der Waals surface area contributed by atoms with Gasteiger partial charge in [0.05, 0.1) is 0 Å². The minimum atomic E-state index is -0.543. The van der Waals surface area contributed by atoms with Gasteiger partial charge in [0, 0.05) is 44.7 Å². The first-order chi connectivity index (χ1) is 3.63. The summed E-state index contributed by atoms with van der Waals surface area (Å²) in [7, 11) is 0. The number of carbonyl (C=O) groups is 1. The molecular formula is C3H7CaN3O2. The van der Waals surface area contributed by atoms with Crippen LogP contribution in [0.2, 0.25) is 0 Å². The van der Waals surface area contributed by atoms with E-state index in [-0.39, 0.29) is 43.7 Å². The topological polar surface area (TPSA) is 90.7 Å². The number of hydrogen-bond donors (Lipinski definition) is 2. The Morgan fingerprint density at radius 2 is 2.00 bits per heavy atom. The first kappa shape index (κ1) is 11.8. The molecule has 0 atom stereocenters. The van der Waals surface area contributed by atoms with Crippen LogP contribution in [0.4, 0.5) is 0 Å². The number of rotatable bonds is 1. The predicted molar refractivity (Wildman–Crippen MR) is 33.3 cm³/mol. The minimum Gasteiger partial charge on any atom is -0.367 e. The third-order valence-corrected chi connectivity index (χ3v) is 0.280. The zero-order valence-corrected chi connectivity index (χ0v) is 7.33. The molecule has 48 valence electrons. The molecule has 9 heavy (non-hydrogen) atoms. The fraction of sp³-hybridized carbons (Fsp3) is 0.333. The van der Waals surface area contributed by atoms with Crippen molar-refractivity contribution < 1.29 is 9.63 Å². The van der Waals surface area contributed by atoms with Crippen LogP contribution in [0.3, 0.4) is 0 Å². The molecule has 0 rings (SSSR count). The first-order valence-corrected chi connectivity index (χ1v) is 1.89. The van der Waals surface area contributed by atoms with E-state index in [0.29, 0.717) is 0 Å². The molecule has 0 aromatic heterocycles. The molecule has 2 radical (unpaired) electrons. The van der Waals surface area contributed by atoms with Gasteiger partial charge >= 0.3 is 5.97 Å². The molecule has 0 saturated heterocycles. The van der Waals surface area contributed by atoms with Gasteiger partial charge < -0.3 is 16.3 Å². The summed E-state index contributed by atoms with van der Waals surface area (Å²) in [5, 5.41) is 2.95. The van der Waals surface area contributed by atoms with Crippen molar-refractivity contribution in [3.63, 3.8) is 0 Å². The van der Waals surface area contributed by atoms with Crippen LogP contribution in [-0.4, -0.2) is 49.7 Å². The normalized spacial score (nSPS) is 6.78. The van der Waals surface area contributed by atoms with Gasteiger partial charge in [-0.3, -0.25) is 0 Å². The Labute approximate surface area is 82.4 Å². The maximum Gasteiger partial charge on any atom is 0.332 e. The van der Waals surface area contributed by atoms with Crippen LogP contribution < -0.4 is 11.5 Å². The van der Waals surface area contributed by atoms with Crippen LogP contribution in [0.25, 0.3) is 0 Å².